The Labute approximate surface area is 315 Å². The third kappa shape index (κ3) is 3.05. The molecule has 0 saturated carbocycles. The maximum Gasteiger partial charge on any atom is 0.265 e. The van der Waals surface area contributed by atoms with Crippen LogP contribution in [0.2, 0.25) is 0 Å². The first-order chi connectivity index (χ1) is 24.3. The Morgan fingerprint density at radius 1 is 0.686 bits per heavy atom. The fourth-order valence-electron chi connectivity index (χ4n) is 10.5. The molecule has 4 bridgehead atoms. The van der Waals surface area contributed by atoms with Crippen LogP contribution in [-0.2, 0) is 30.0 Å². The molecule has 10 aliphatic heterocycles. The molecule has 10 heterocycles. The minimum atomic E-state index is -1.93. The summed E-state index contributed by atoms with van der Waals surface area (Å²) in [5, 5.41) is 45.1. The van der Waals surface area contributed by atoms with Crippen molar-refractivity contribution in [1.29, 1.82) is 0 Å². The predicted octanol–water partition coefficient (Wildman–Crippen LogP) is 2.24. The molecule has 2 spiro atoms. The molecule has 4 amide bonds. The van der Waals surface area contributed by atoms with Crippen molar-refractivity contribution in [2.75, 3.05) is 31.3 Å². The van der Waals surface area contributed by atoms with E-state index in [9.17, 15) is 20.1 Å². The Bertz CT molecular complexity index is 2020. The van der Waals surface area contributed by atoms with Crippen LogP contribution in [0.15, 0.2) is 48.5 Å². The molecule has 1 unspecified atom stereocenters. The Morgan fingerprint density at radius 3 is 1.73 bits per heavy atom. The zero-order valence-electron chi connectivity index (χ0n) is 27.4. The highest BCUT2D eigenvalue weighted by Gasteiger charge is 2.92. The molecule has 2 aromatic rings. The summed E-state index contributed by atoms with van der Waals surface area (Å²) in [6, 6.07) is 14.6. The van der Waals surface area contributed by atoms with E-state index in [2.05, 4.69) is 10.6 Å². The topological polar surface area (TPSA) is 166 Å². The number of anilines is 2. The fourth-order valence-corrected chi connectivity index (χ4v) is 22.4. The summed E-state index contributed by atoms with van der Waals surface area (Å²) < 4.78 is 0. The highest BCUT2D eigenvalue weighted by molar-refractivity contribution is 9.26. The van der Waals surface area contributed by atoms with Crippen molar-refractivity contribution in [1.82, 2.24) is 19.6 Å². The van der Waals surface area contributed by atoms with Gasteiger partial charge in [0.05, 0.1) is 17.4 Å². The normalized spacial score (nSPS) is 44.2. The van der Waals surface area contributed by atoms with Crippen LogP contribution in [0.5, 0.6) is 0 Å². The number of rotatable bonds is 3. The number of carbonyl (C=O) groups excluding carboxylic acids is 4. The zero-order chi connectivity index (χ0) is 35.8. The van der Waals surface area contributed by atoms with Crippen molar-refractivity contribution in [2.24, 2.45) is 5.92 Å². The van der Waals surface area contributed by atoms with Gasteiger partial charge in [-0.15, -0.1) is 0 Å². The molecule has 19 heteroatoms. The maximum absolute atomic E-state index is 15.2. The average molecular weight is 805 g/mol. The molecule has 13 nitrogen and oxygen atoms in total. The number of nitrogens with one attached hydrogen (secondary N) is 2. The minimum Gasteiger partial charge on any atom is -0.392 e. The quantitative estimate of drug-likeness (QED) is 0.287. The molecular formula is C32H32N6O7S6. The molecule has 8 saturated heterocycles. The molecule has 12 rings (SSSR count). The Hall–Kier alpha value is -2.10. The predicted molar refractivity (Wildman–Crippen MR) is 201 cm³/mol. The van der Waals surface area contributed by atoms with Crippen molar-refractivity contribution in [3.8, 4) is 0 Å². The van der Waals surface area contributed by atoms with E-state index in [-0.39, 0.29) is 11.8 Å². The van der Waals surface area contributed by atoms with E-state index in [1.54, 1.807) is 7.05 Å². The number of aliphatic hydroxyl groups is 3. The van der Waals surface area contributed by atoms with E-state index in [4.69, 9.17) is 0 Å². The van der Waals surface area contributed by atoms with Crippen LogP contribution in [0.25, 0.3) is 0 Å². The van der Waals surface area contributed by atoms with Crippen molar-refractivity contribution < 1.29 is 34.5 Å². The zero-order valence-corrected chi connectivity index (χ0v) is 32.3. The van der Waals surface area contributed by atoms with E-state index in [0.717, 1.165) is 21.6 Å². The van der Waals surface area contributed by atoms with Gasteiger partial charge in [-0.1, -0.05) is 61.0 Å². The van der Waals surface area contributed by atoms with Crippen LogP contribution < -0.4 is 10.6 Å². The van der Waals surface area contributed by atoms with Gasteiger partial charge in [-0.3, -0.25) is 29.0 Å². The van der Waals surface area contributed by atoms with Gasteiger partial charge < -0.3 is 35.8 Å². The fraction of sp³-hybridized carbons (Fsp3) is 0.500. The van der Waals surface area contributed by atoms with Crippen LogP contribution in [0.4, 0.5) is 11.4 Å². The Balaban J connectivity index is 1.34. The summed E-state index contributed by atoms with van der Waals surface area (Å²) in [7, 11) is 10.1. The van der Waals surface area contributed by atoms with E-state index in [1.807, 2.05) is 62.4 Å². The number of fused-ring (bicyclic) bond motifs is 13. The lowest BCUT2D eigenvalue weighted by atomic mass is 9.52. The lowest BCUT2D eigenvalue weighted by Crippen LogP contribution is -2.79. The molecule has 5 N–H and O–H groups in total. The Morgan fingerprint density at radius 2 is 1.18 bits per heavy atom. The average Bonchev–Trinajstić information content (AvgIpc) is 3.77. The number of amides is 4. The Kier molecular flexibility index (Phi) is 6.66. The van der Waals surface area contributed by atoms with Gasteiger partial charge in [-0.25, -0.2) is 0 Å². The van der Waals surface area contributed by atoms with Crippen molar-refractivity contribution >= 4 is 97.8 Å². The van der Waals surface area contributed by atoms with Gasteiger partial charge in [0, 0.05) is 25.5 Å². The van der Waals surface area contributed by atoms with E-state index < -0.39 is 79.2 Å². The summed E-state index contributed by atoms with van der Waals surface area (Å²) in [4.78, 5) is 59.2. The molecule has 10 atom stereocenters. The molecule has 2 aromatic carbocycles. The number of hydrogen-bond donors (Lipinski definition) is 5. The van der Waals surface area contributed by atoms with Crippen LogP contribution >= 0.6 is 62.8 Å². The first kappa shape index (κ1) is 33.5. The summed E-state index contributed by atoms with van der Waals surface area (Å²) in [6.07, 6.45) is -5.63. The van der Waals surface area contributed by atoms with E-state index in [1.165, 1.54) is 67.9 Å². The highest BCUT2D eigenvalue weighted by atomic mass is 33.7. The van der Waals surface area contributed by atoms with Gasteiger partial charge >= 0.3 is 0 Å². The number of piperazine rings is 2. The second kappa shape index (κ2) is 10.1. The number of hydrogen-bond acceptors (Lipinski definition) is 15. The maximum atomic E-state index is 15.2. The minimum absolute atomic E-state index is 0.304. The molecule has 51 heavy (non-hydrogen) atoms. The van der Waals surface area contributed by atoms with E-state index >= 15 is 14.4 Å². The first-order valence-electron chi connectivity index (χ1n) is 16.3. The second-order valence-corrected chi connectivity index (χ2v) is 23.2. The van der Waals surface area contributed by atoms with Gasteiger partial charge in [0.25, 0.3) is 23.6 Å². The summed E-state index contributed by atoms with van der Waals surface area (Å²) in [5.74, 6) is -2.23. The monoisotopic (exact) mass is 804 g/mol. The SMILES string of the molecule is CC(C)[C@@]12SS[C@]3(C(=O)N1C)[C@@H](O)C1([C@]45c6ccccc6N[C@H]4N4C(=O)[C@@]6(CO)SSSS[C@@]4(C(=O)N6C)[C@H]5O)c4ccccc4N[C@@H]1N3C2=O. The second-order valence-electron chi connectivity index (χ2n) is 14.5. The number of likely N-dealkylation sites (N-methyl/N-ethyl adjacent to an activating group) is 2. The van der Waals surface area contributed by atoms with Gasteiger partial charge in [-0.05, 0) is 81.2 Å². The number of aliphatic hydroxyl groups excluding tert-OH is 3. The number of para-hydroxylation sites is 2. The smallest absolute Gasteiger partial charge is 0.265 e. The van der Waals surface area contributed by atoms with Crippen molar-refractivity contribution in [3.63, 3.8) is 0 Å². The standard InChI is InChI=1S/C32H32N6O7S6/c1-14(2)30-26(45)38-22-28(15-9-5-8-12-18(15)34-22,19(40)31(38,48-47-30)25(44)36(30)4)29-16-10-6-7-11-17(16)33-21(29)37-23(42)27(13-39)35(3)24(43)32(37,20(29)41)49-51-50-46-27/h5-12,14,19-22,33-34,39-41H,13H2,1-4H3/t19-,20-,21-,22+,27+,28?,29-,30-,31-,32+/m0/s1. The van der Waals surface area contributed by atoms with Crippen LogP contribution in [0, 0.1) is 5.92 Å². The molecule has 10 aliphatic rings. The van der Waals surface area contributed by atoms with Gasteiger partial charge in [-0.2, -0.15) is 0 Å². The number of benzene rings is 2. The van der Waals surface area contributed by atoms with Crippen LogP contribution in [-0.4, -0.2) is 123 Å². The molecule has 8 fully saturated rings. The molecular weight excluding hydrogens is 773 g/mol. The van der Waals surface area contributed by atoms with Gasteiger partial charge in [0.2, 0.25) is 14.6 Å². The number of carbonyl (C=O) groups is 4. The largest absolute Gasteiger partial charge is 0.392 e. The first-order valence-corrected chi connectivity index (χ1v) is 23.3. The summed E-state index contributed by atoms with van der Waals surface area (Å²) in [6.45, 7) is 3.11. The third-order valence-electron chi connectivity index (χ3n) is 12.7. The molecule has 0 aliphatic carbocycles. The summed E-state index contributed by atoms with van der Waals surface area (Å²) >= 11 is 0. The van der Waals surface area contributed by atoms with Crippen LogP contribution in [0.3, 0.4) is 0 Å². The third-order valence-corrected chi connectivity index (χ3v) is 23.9. The van der Waals surface area contributed by atoms with Crippen molar-refractivity contribution in [2.45, 2.75) is 68.7 Å². The van der Waals surface area contributed by atoms with Gasteiger partial charge in [0.1, 0.15) is 24.5 Å². The molecule has 268 valence electrons. The lowest BCUT2D eigenvalue weighted by Gasteiger charge is -2.60. The molecule has 0 radical (unpaired) electrons. The lowest BCUT2D eigenvalue weighted by molar-refractivity contribution is -0.169. The van der Waals surface area contributed by atoms with E-state index in [0.29, 0.717) is 22.5 Å². The summed E-state index contributed by atoms with van der Waals surface area (Å²) in [5.41, 5.74) is -1.21. The highest BCUT2D eigenvalue weighted by Crippen LogP contribution is 2.78. The number of nitrogens with zero attached hydrogens (tertiary/aromatic N) is 4. The van der Waals surface area contributed by atoms with Crippen molar-refractivity contribution in [3.05, 3.63) is 59.7 Å². The molecule has 0 aromatic heterocycles. The van der Waals surface area contributed by atoms with Gasteiger partial charge in [0.15, 0.2) is 4.87 Å². The van der Waals surface area contributed by atoms with Crippen LogP contribution in [0.1, 0.15) is 25.0 Å².